The molecule has 0 saturated heterocycles. The Kier molecular flexibility index (Phi) is 9.37. The molecule has 0 rings (SSSR count). The molecule has 0 aliphatic carbocycles. The Morgan fingerprint density at radius 3 is 2.58 bits per heavy atom. The molecule has 0 spiro atoms. The van der Waals surface area contributed by atoms with Gasteiger partial charge in [0.2, 0.25) is 0 Å². The molecule has 0 aromatic carbocycles. The lowest BCUT2D eigenvalue weighted by Crippen LogP contribution is -2.23. The molecule has 0 unspecified atom stereocenters. The van der Waals surface area contributed by atoms with Crippen molar-refractivity contribution in [2.75, 3.05) is 39.7 Å². The van der Waals surface area contributed by atoms with Gasteiger partial charge in [-0.05, 0) is 0 Å². The molecule has 0 aliphatic heterocycles. The van der Waals surface area contributed by atoms with Crippen LogP contribution in [0.4, 0.5) is 0 Å². The van der Waals surface area contributed by atoms with E-state index in [0.29, 0.717) is 6.61 Å². The van der Waals surface area contributed by atoms with Gasteiger partial charge in [0.15, 0.2) is 0 Å². The molecule has 1 N–H and O–H groups in total. The van der Waals surface area contributed by atoms with Crippen molar-refractivity contribution in [3.8, 4) is 0 Å². The number of hydrogen-bond acceptors (Lipinski definition) is 4. The van der Waals surface area contributed by atoms with E-state index in [4.69, 9.17) is 21.7 Å². The summed E-state index contributed by atoms with van der Waals surface area (Å²) in [7, 11) is 3.35. The van der Waals surface area contributed by atoms with Gasteiger partial charge in [0.05, 0.1) is 13.2 Å². The quantitative estimate of drug-likeness (QED) is 0.518. The number of hydrogen-bond donors (Lipinski definition) is 1. The highest BCUT2D eigenvalue weighted by Gasteiger charge is 1.94. The molecule has 0 heterocycles. The molecule has 0 radical (unpaired) electrons. The first-order valence-electron chi connectivity index (χ1n) is 3.69. The molecule has 0 fully saturated rings. The van der Waals surface area contributed by atoms with Crippen LogP contribution in [0.1, 0.15) is 0 Å². The van der Waals surface area contributed by atoms with Crippen LogP contribution in [0.5, 0.6) is 0 Å². The van der Waals surface area contributed by atoms with E-state index in [1.54, 1.807) is 26.0 Å². The van der Waals surface area contributed by atoms with Crippen LogP contribution >= 0.6 is 24.0 Å². The van der Waals surface area contributed by atoms with Crippen LogP contribution in [-0.2, 0) is 9.47 Å². The predicted molar refractivity (Wildman–Crippen MR) is 56.8 cm³/mol. The highest BCUT2D eigenvalue weighted by Crippen LogP contribution is 2.00. The molecule has 12 heavy (non-hydrogen) atoms. The van der Waals surface area contributed by atoms with E-state index >= 15 is 0 Å². The lowest BCUT2D eigenvalue weighted by atomic mass is 10.7. The molecule has 0 aliphatic rings. The van der Waals surface area contributed by atoms with Gasteiger partial charge in [-0.25, -0.2) is 0 Å². The first-order valence-corrected chi connectivity index (χ1v) is 5.09. The molecule has 3 nitrogen and oxygen atoms in total. The fourth-order valence-corrected chi connectivity index (χ4v) is 1.52. The van der Waals surface area contributed by atoms with Crippen LogP contribution in [0.3, 0.4) is 0 Å². The summed E-state index contributed by atoms with van der Waals surface area (Å²) in [5.74, 6) is 0.898. The molecule has 5 heteroatoms. The Morgan fingerprint density at radius 2 is 2.00 bits per heavy atom. The number of nitrogens with one attached hydrogen (secondary N) is 1. The normalized spacial score (nSPS) is 9.83. The van der Waals surface area contributed by atoms with Gasteiger partial charge in [-0.2, -0.15) is 0 Å². The summed E-state index contributed by atoms with van der Waals surface area (Å²) in [4.78, 5) is 0. The Morgan fingerprint density at radius 1 is 1.33 bits per heavy atom. The summed E-state index contributed by atoms with van der Waals surface area (Å²) < 4.78 is 10.6. The second-order valence-electron chi connectivity index (χ2n) is 2.05. The lowest BCUT2D eigenvalue weighted by Gasteiger charge is -2.05. The van der Waals surface area contributed by atoms with E-state index in [0.717, 1.165) is 23.2 Å². The van der Waals surface area contributed by atoms with Crippen LogP contribution in [0.15, 0.2) is 0 Å². The first kappa shape index (κ1) is 12.2. The number of thioether (sulfide) groups is 1. The number of ether oxygens (including phenoxy) is 2. The first-order chi connectivity index (χ1) is 5.81. The van der Waals surface area contributed by atoms with Gasteiger partial charge in [0.1, 0.15) is 4.32 Å². The smallest absolute Gasteiger partial charge is 0.133 e. The Labute approximate surface area is 83.2 Å². The molecular formula is C7H15NO2S2. The number of rotatable bonds is 6. The minimum absolute atomic E-state index is 0.685. The molecular weight excluding hydrogens is 194 g/mol. The third-order valence-electron chi connectivity index (χ3n) is 1.10. The SMILES string of the molecule is COCCNC(=S)SCCOC. The zero-order valence-electron chi connectivity index (χ0n) is 7.46. The van der Waals surface area contributed by atoms with E-state index in [9.17, 15) is 0 Å². The molecule has 0 atom stereocenters. The Bertz CT molecular complexity index is 110. The molecule has 0 aromatic heterocycles. The fourth-order valence-electron chi connectivity index (χ4n) is 0.524. The third kappa shape index (κ3) is 8.26. The highest BCUT2D eigenvalue weighted by molar-refractivity contribution is 8.22. The Hall–Kier alpha value is 0.160. The number of thiocarbonyl (C=S) groups is 1. The minimum atomic E-state index is 0.685. The summed E-state index contributed by atoms with van der Waals surface area (Å²) >= 11 is 6.61. The van der Waals surface area contributed by atoms with Crippen LogP contribution in [0, 0.1) is 0 Å². The van der Waals surface area contributed by atoms with Crippen molar-refractivity contribution in [3.05, 3.63) is 0 Å². The molecule has 0 saturated carbocycles. The fraction of sp³-hybridized carbons (Fsp3) is 0.857. The van der Waals surface area contributed by atoms with Crippen molar-refractivity contribution in [3.63, 3.8) is 0 Å². The molecule has 72 valence electrons. The Balaban J connectivity index is 3.10. The highest BCUT2D eigenvalue weighted by atomic mass is 32.2. The zero-order valence-corrected chi connectivity index (χ0v) is 9.09. The zero-order chi connectivity index (χ0) is 9.23. The van der Waals surface area contributed by atoms with Crippen molar-refractivity contribution in [1.29, 1.82) is 0 Å². The average molecular weight is 209 g/mol. The van der Waals surface area contributed by atoms with Crippen molar-refractivity contribution < 1.29 is 9.47 Å². The molecule has 0 amide bonds. The van der Waals surface area contributed by atoms with Gasteiger partial charge in [0, 0.05) is 26.5 Å². The van der Waals surface area contributed by atoms with Gasteiger partial charge in [-0.3, -0.25) is 0 Å². The van der Waals surface area contributed by atoms with Gasteiger partial charge in [-0.15, -0.1) is 0 Å². The summed E-state index contributed by atoms with van der Waals surface area (Å²) in [5.41, 5.74) is 0. The standard InChI is InChI=1S/C7H15NO2S2/c1-9-4-3-8-7(11)12-6-5-10-2/h3-6H2,1-2H3,(H,8,11). The van der Waals surface area contributed by atoms with Crippen molar-refractivity contribution in [2.24, 2.45) is 0 Å². The third-order valence-corrected chi connectivity index (χ3v) is 2.37. The summed E-state index contributed by atoms with van der Waals surface area (Å²) in [6.07, 6.45) is 0. The van der Waals surface area contributed by atoms with E-state index in [1.165, 1.54) is 0 Å². The second kappa shape index (κ2) is 9.25. The van der Waals surface area contributed by atoms with Crippen LogP contribution in [0.2, 0.25) is 0 Å². The van der Waals surface area contributed by atoms with Gasteiger partial charge in [0.25, 0.3) is 0 Å². The molecule has 0 bridgehead atoms. The van der Waals surface area contributed by atoms with Crippen molar-refractivity contribution in [1.82, 2.24) is 5.32 Å². The maximum atomic E-state index is 5.02. The molecule has 0 aromatic rings. The van der Waals surface area contributed by atoms with Crippen molar-refractivity contribution in [2.45, 2.75) is 0 Å². The van der Waals surface area contributed by atoms with E-state index in [1.807, 2.05) is 0 Å². The summed E-state index contributed by atoms with van der Waals surface area (Å²) in [5, 5.41) is 3.06. The number of methoxy groups -OCH3 is 2. The largest absolute Gasteiger partial charge is 0.384 e. The van der Waals surface area contributed by atoms with E-state index in [-0.39, 0.29) is 0 Å². The van der Waals surface area contributed by atoms with Gasteiger partial charge < -0.3 is 14.8 Å². The average Bonchev–Trinajstić information content (AvgIpc) is 2.06. The van der Waals surface area contributed by atoms with Crippen LogP contribution < -0.4 is 5.32 Å². The maximum absolute atomic E-state index is 5.02. The minimum Gasteiger partial charge on any atom is -0.384 e. The summed E-state index contributed by atoms with van der Waals surface area (Å²) in [6, 6.07) is 0. The topological polar surface area (TPSA) is 30.5 Å². The monoisotopic (exact) mass is 209 g/mol. The predicted octanol–water partition coefficient (Wildman–Crippen LogP) is 0.887. The van der Waals surface area contributed by atoms with Crippen LogP contribution in [0.25, 0.3) is 0 Å². The summed E-state index contributed by atoms with van der Waals surface area (Å²) in [6.45, 7) is 2.19. The lowest BCUT2D eigenvalue weighted by molar-refractivity contribution is 0.204. The van der Waals surface area contributed by atoms with Crippen molar-refractivity contribution >= 4 is 28.3 Å². The second-order valence-corrected chi connectivity index (χ2v) is 3.82. The van der Waals surface area contributed by atoms with Crippen LogP contribution in [-0.4, -0.2) is 44.1 Å². The maximum Gasteiger partial charge on any atom is 0.133 e. The van der Waals surface area contributed by atoms with Gasteiger partial charge in [-0.1, -0.05) is 24.0 Å². The van der Waals surface area contributed by atoms with E-state index in [2.05, 4.69) is 5.32 Å². The van der Waals surface area contributed by atoms with E-state index < -0.39 is 0 Å². The van der Waals surface area contributed by atoms with Gasteiger partial charge >= 0.3 is 0 Å².